The predicted molar refractivity (Wildman–Crippen MR) is 128 cm³/mol. The van der Waals surface area contributed by atoms with Gasteiger partial charge in [-0.15, -0.1) is 0 Å². The molecule has 0 spiro atoms. The van der Waals surface area contributed by atoms with E-state index >= 15 is 0 Å². The number of alkyl carbamates (subject to hydrolysis) is 2. The summed E-state index contributed by atoms with van der Waals surface area (Å²) < 4.78 is 10.2. The van der Waals surface area contributed by atoms with Crippen molar-refractivity contribution in [3.63, 3.8) is 0 Å². The van der Waals surface area contributed by atoms with Gasteiger partial charge in [-0.25, -0.2) is 14.4 Å². The van der Waals surface area contributed by atoms with Crippen LogP contribution in [0.4, 0.5) is 9.59 Å². The highest BCUT2D eigenvalue weighted by Crippen LogP contribution is 2.44. The van der Waals surface area contributed by atoms with E-state index in [-0.39, 0.29) is 25.6 Å². The Labute approximate surface area is 199 Å². The lowest BCUT2D eigenvalue weighted by atomic mass is 9.98. The number of carboxylic acids is 1. The fourth-order valence-electron chi connectivity index (χ4n) is 4.07. The van der Waals surface area contributed by atoms with Crippen molar-refractivity contribution in [3.05, 3.63) is 72.3 Å². The number of amides is 2. The molecule has 0 saturated carbocycles. The normalized spacial score (nSPS) is 12.7. The first-order chi connectivity index (χ1) is 16.5. The summed E-state index contributed by atoms with van der Waals surface area (Å²) in [5.74, 6) is -1.20. The topological polar surface area (TPSA) is 114 Å². The first-order valence-electron chi connectivity index (χ1n) is 11.4. The van der Waals surface area contributed by atoms with E-state index in [0.717, 1.165) is 22.3 Å². The molecule has 1 atom stereocenters. The fourth-order valence-corrected chi connectivity index (χ4v) is 4.07. The molecule has 180 valence electrons. The standard InChI is InChI=1S/C26H30N2O6/c1-2-16-33-25(31)27-15-9-3-4-14-23(24(29)30)28-26(32)34-17-22-20-12-7-5-10-18(20)19-11-6-8-13-21(19)22/h2,5-8,10-13,22-23H,1,3-4,9,14-17H2,(H,27,31)(H,28,32)(H,29,30)/t23-/m1/s1. The average molecular weight is 467 g/mol. The zero-order chi connectivity index (χ0) is 24.3. The number of aliphatic carboxylic acids is 1. The van der Waals surface area contributed by atoms with Crippen LogP contribution < -0.4 is 10.6 Å². The second-order valence-corrected chi connectivity index (χ2v) is 8.02. The maximum atomic E-state index is 12.4. The molecule has 0 fully saturated rings. The third-order valence-electron chi connectivity index (χ3n) is 5.71. The van der Waals surface area contributed by atoms with Gasteiger partial charge in [0.15, 0.2) is 0 Å². The zero-order valence-electron chi connectivity index (χ0n) is 19.0. The molecule has 1 aliphatic rings. The number of unbranched alkanes of at least 4 members (excludes halogenated alkanes) is 2. The number of carboxylic acid groups (broad SMARTS) is 1. The number of hydrogen-bond acceptors (Lipinski definition) is 5. The van der Waals surface area contributed by atoms with Crippen LogP contribution in [0.2, 0.25) is 0 Å². The Morgan fingerprint density at radius 1 is 0.941 bits per heavy atom. The van der Waals surface area contributed by atoms with Crippen LogP contribution >= 0.6 is 0 Å². The lowest BCUT2D eigenvalue weighted by molar-refractivity contribution is -0.139. The monoisotopic (exact) mass is 466 g/mol. The van der Waals surface area contributed by atoms with Crippen LogP contribution in [-0.2, 0) is 14.3 Å². The molecule has 2 aromatic carbocycles. The van der Waals surface area contributed by atoms with Gasteiger partial charge in [-0.3, -0.25) is 0 Å². The molecule has 8 nitrogen and oxygen atoms in total. The van der Waals surface area contributed by atoms with Crippen molar-refractivity contribution in [2.24, 2.45) is 0 Å². The van der Waals surface area contributed by atoms with E-state index in [9.17, 15) is 19.5 Å². The van der Waals surface area contributed by atoms with Crippen LogP contribution in [0.1, 0.15) is 42.7 Å². The largest absolute Gasteiger partial charge is 0.480 e. The van der Waals surface area contributed by atoms with Gasteiger partial charge in [0.1, 0.15) is 19.3 Å². The van der Waals surface area contributed by atoms with Crippen molar-refractivity contribution in [2.75, 3.05) is 19.8 Å². The summed E-state index contributed by atoms with van der Waals surface area (Å²) >= 11 is 0. The first kappa shape index (κ1) is 24.8. The SMILES string of the molecule is C=CCOC(=O)NCCCCC[C@@H](NC(=O)OCC1c2ccccc2-c2ccccc21)C(=O)O. The van der Waals surface area contributed by atoms with E-state index in [0.29, 0.717) is 25.8 Å². The Bertz CT molecular complexity index is 976. The Balaban J connectivity index is 1.43. The summed E-state index contributed by atoms with van der Waals surface area (Å²) in [6.07, 6.45) is 2.42. The molecule has 3 rings (SSSR count). The van der Waals surface area contributed by atoms with Crippen molar-refractivity contribution in [3.8, 4) is 11.1 Å². The number of carbonyl (C=O) groups excluding carboxylic acids is 2. The van der Waals surface area contributed by atoms with Crippen molar-refractivity contribution < 1.29 is 29.0 Å². The minimum Gasteiger partial charge on any atom is -0.480 e. The quantitative estimate of drug-likeness (QED) is 0.315. The second kappa shape index (κ2) is 12.4. The van der Waals surface area contributed by atoms with Crippen LogP contribution in [-0.4, -0.2) is 49.1 Å². The second-order valence-electron chi connectivity index (χ2n) is 8.02. The smallest absolute Gasteiger partial charge is 0.407 e. The molecule has 0 aromatic heterocycles. The van der Waals surface area contributed by atoms with Gasteiger partial charge in [0, 0.05) is 12.5 Å². The van der Waals surface area contributed by atoms with Gasteiger partial charge >= 0.3 is 18.2 Å². The van der Waals surface area contributed by atoms with Gasteiger partial charge in [-0.05, 0) is 35.1 Å². The Morgan fingerprint density at radius 2 is 1.59 bits per heavy atom. The first-order valence-corrected chi connectivity index (χ1v) is 11.4. The minimum atomic E-state index is -1.11. The van der Waals surface area contributed by atoms with Crippen LogP contribution in [0, 0.1) is 0 Å². The van der Waals surface area contributed by atoms with Gasteiger partial charge in [-0.1, -0.05) is 74.0 Å². The molecular weight excluding hydrogens is 436 g/mol. The summed E-state index contributed by atoms with van der Waals surface area (Å²) in [7, 11) is 0. The number of fused-ring (bicyclic) bond motifs is 3. The van der Waals surface area contributed by atoms with Crippen LogP contribution in [0.15, 0.2) is 61.2 Å². The molecule has 0 aliphatic heterocycles. The van der Waals surface area contributed by atoms with Gasteiger partial charge < -0.3 is 25.2 Å². The summed E-state index contributed by atoms with van der Waals surface area (Å²) in [4.78, 5) is 35.3. The van der Waals surface area contributed by atoms with E-state index in [4.69, 9.17) is 9.47 Å². The highest BCUT2D eigenvalue weighted by molar-refractivity contribution is 5.81. The Hall–Kier alpha value is -3.81. The summed E-state index contributed by atoms with van der Waals surface area (Å²) in [6, 6.07) is 15.0. The lowest BCUT2D eigenvalue weighted by Gasteiger charge is -2.17. The van der Waals surface area contributed by atoms with Gasteiger partial charge in [0.05, 0.1) is 0 Å². The third kappa shape index (κ3) is 6.60. The number of hydrogen-bond donors (Lipinski definition) is 3. The number of ether oxygens (including phenoxy) is 2. The van der Waals surface area contributed by atoms with E-state index in [1.807, 2.05) is 36.4 Å². The molecule has 1 aliphatic carbocycles. The molecular formula is C26H30N2O6. The highest BCUT2D eigenvalue weighted by Gasteiger charge is 2.29. The average Bonchev–Trinajstić information content (AvgIpc) is 3.16. The molecule has 8 heteroatoms. The molecule has 2 aromatic rings. The van der Waals surface area contributed by atoms with Gasteiger partial charge in [0.25, 0.3) is 0 Å². The molecule has 2 amide bonds. The highest BCUT2D eigenvalue weighted by atomic mass is 16.6. The van der Waals surface area contributed by atoms with Crippen LogP contribution in [0.5, 0.6) is 0 Å². The van der Waals surface area contributed by atoms with Crippen molar-refractivity contribution in [2.45, 2.75) is 37.6 Å². The minimum absolute atomic E-state index is 0.0907. The maximum Gasteiger partial charge on any atom is 0.407 e. The number of rotatable bonds is 12. The fraction of sp³-hybridized carbons (Fsp3) is 0.346. The van der Waals surface area contributed by atoms with Crippen LogP contribution in [0.3, 0.4) is 0 Å². The zero-order valence-corrected chi connectivity index (χ0v) is 19.0. The van der Waals surface area contributed by atoms with Gasteiger partial charge in [0.2, 0.25) is 0 Å². The number of nitrogens with one attached hydrogen (secondary N) is 2. The van der Waals surface area contributed by atoms with Crippen molar-refractivity contribution >= 4 is 18.2 Å². The van der Waals surface area contributed by atoms with E-state index < -0.39 is 24.2 Å². The molecule has 0 heterocycles. The third-order valence-corrected chi connectivity index (χ3v) is 5.71. The molecule has 3 N–H and O–H groups in total. The van der Waals surface area contributed by atoms with E-state index in [1.54, 1.807) is 0 Å². The number of benzene rings is 2. The van der Waals surface area contributed by atoms with Crippen LogP contribution in [0.25, 0.3) is 11.1 Å². The molecule has 0 unspecified atom stereocenters. The maximum absolute atomic E-state index is 12.4. The summed E-state index contributed by atoms with van der Waals surface area (Å²) in [5.41, 5.74) is 4.43. The van der Waals surface area contributed by atoms with Crippen molar-refractivity contribution in [1.82, 2.24) is 10.6 Å². The Morgan fingerprint density at radius 3 is 2.21 bits per heavy atom. The molecule has 0 bridgehead atoms. The predicted octanol–water partition coefficient (Wildman–Crippen LogP) is 4.45. The molecule has 34 heavy (non-hydrogen) atoms. The summed E-state index contributed by atoms with van der Waals surface area (Å²) in [6.45, 7) is 4.16. The summed E-state index contributed by atoms with van der Waals surface area (Å²) in [5, 5.41) is 14.5. The Kier molecular flexibility index (Phi) is 9.08. The van der Waals surface area contributed by atoms with E-state index in [2.05, 4.69) is 29.3 Å². The number of carbonyl (C=O) groups is 3. The molecule has 0 radical (unpaired) electrons. The lowest BCUT2D eigenvalue weighted by Crippen LogP contribution is -2.41. The molecule has 0 saturated heterocycles. The van der Waals surface area contributed by atoms with Crippen molar-refractivity contribution in [1.29, 1.82) is 0 Å². The van der Waals surface area contributed by atoms with E-state index in [1.165, 1.54) is 6.08 Å². The van der Waals surface area contributed by atoms with Gasteiger partial charge in [-0.2, -0.15) is 0 Å².